The summed E-state index contributed by atoms with van der Waals surface area (Å²) in [5, 5.41) is 16.2. The number of carboxylic acids is 1. The average molecular weight is 331 g/mol. The minimum absolute atomic E-state index is 0.0905. The highest BCUT2D eigenvalue weighted by Gasteiger charge is 2.16. The Morgan fingerprint density at radius 2 is 2.00 bits per heavy atom. The predicted octanol–water partition coefficient (Wildman–Crippen LogP) is 2.64. The fourth-order valence-corrected chi connectivity index (χ4v) is 2.32. The molecule has 0 aliphatic carbocycles. The summed E-state index contributed by atoms with van der Waals surface area (Å²) in [5.74, 6) is -1.20. The lowest BCUT2D eigenvalue weighted by Crippen LogP contribution is -2.16. The summed E-state index contributed by atoms with van der Waals surface area (Å²) in [6.07, 6.45) is 0. The number of benzene rings is 1. The Labute approximate surface area is 140 Å². The highest BCUT2D eigenvalue weighted by Crippen LogP contribution is 2.19. The van der Waals surface area contributed by atoms with Crippen LogP contribution in [0.4, 0.5) is 5.69 Å². The van der Waals surface area contributed by atoms with Gasteiger partial charge in [0.2, 0.25) is 0 Å². The van der Waals surface area contributed by atoms with Crippen molar-refractivity contribution >= 4 is 17.6 Å². The third kappa shape index (κ3) is 3.99. The fourth-order valence-electron chi connectivity index (χ4n) is 2.32. The van der Waals surface area contributed by atoms with E-state index < -0.39 is 5.97 Å². The summed E-state index contributed by atoms with van der Waals surface area (Å²) in [7, 11) is 3.22. The van der Waals surface area contributed by atoms with Crippen molar-refractivity contribution in [3.05, 3.63) is 46.8 Å². The molecule has 0 bridgehead atoms. The number of ether oxygens (including phenoxy) is 1. The molecule has 1 aromatic carbocycles. The summed E-state index contributed by atoms with van der Waals surface area (Å²) in [6.45, 7) is 4.25. The number of carboxylic acid groups (broad SMARTS) is 1. The first kappa shape index (κ1) is 17.7. The van der Waals surface area contributed by atoms with E-state index in [2.05, 4.69) is 10.4 Å². The number of aryl methyl sites for hydroxylation is 1. The Kier molecular flexibility index (Phi) is 5.35. The molecule has 1 heterocycles. The first-order valence-corrected chi connectivity index (χ1v) is 7.53. The molecular weight excluding hydrogens is 310 g/mol. The van der Waals surface area contributed by atoms with Crippen LogP contribution in [0.2, 0.25) is 0 Å². The Hall–Kier alpha value is -2.67. The molecule has 0 radical (unpaired) electrons. The van der Waals surface area contributed by atoms with Gasteiger partial charge in [-0.15, -0.1) is 0 Å². The number of nitrogens with one attached hydrogen (secondary N) is 1. The molecule has 2 aromatic rings. The highest BCUT2D eigenvalue weighted by molar-refractivity contribution is 6.03. The summed E-state index contributed by atoms with van der Waals surface area (Å²) < 4.78 is 6.55. The third-order valence-electron chi connectivity index (χ3n) is 3.53. The summed E-state index contributed by atoms with van der Waals surface area (Å²) >= 11 is 0. The third-order valence-corrected chi connectivity index (χ3v) is 3.53. The molecule has 0 aliphatic heterocycles. The van der Waals surface area contributed by atoms with Crippen molar-refractivity contribution in [3.63, 3.8) is 0 Å². The maximum atomic E-state index is 12.5. The molecule has 0 saturated heterocycles. The normalized spacial score (nSPS) is 10.9. The van der Waals surface area contributed by atoms with Gasteiger partial charge in [-0.3, -0.25) is 9.48 Å². The summed E-state index contributed by atoms with van der Waals surface area (Å²) in [4.78, 5) is 23.7. The Morgan fingerprint density at radius 3 is 2.54 bits per heavy atom. The number of aromatic nitrogens is 2. The van der Waals surface area contributed by atoms with Gasteiger partial charge in [-0.25, -0.2) is 4.79 Å². The van der Waals surface area contributed by atoms with Crippen LogP contribution in [0.3, 0.4) is 0 Å². The second-order valence-corrected chi connectivity index (χ2v) is 5.84. The SMILES string of the molecule is COCc1cc(NC(=O)c2cc(C(C)C)nn2C)cc(C(=O)O)c1. The molecule has 0 atom stereocenters. The van der Waals surface area contributed by atoms with E-state index in [-0.39, 0.29) is 24.0 Å². The standard InChI is InChI=1S/C17H21N3O4/c1-10(2)14-8-15(20(3)19-14)16(21)18-13-6-11(9-24-4)5-12(7-13)17(22)23/h5-8,10H,9H2,1-4H3,(H,18,21)(H,22,23). The fraction of sp³-hybridized carbons (Fsp3) is 0.353. The Morgan fingerprint density at radius 1 is 1.29 bits per heavy atom. The van der Waals surface area contributed by atoms with Gasteiger partial charge in [-0.1, -0.05) is 13.8 Å². The van der Waals surface area contributed by atoms with Crippen LogP contribution >= 0.6 is 0 Å². The van der Waals surface area contributed by atoms with Crippen LogP contribution in [0.1, 0.15) is 51.9 Å². The first-order chi connectivity index (χ1) is 11.3. The van der Waals surface area contributed by atoms with E-state index in [0.717, 1.165) is 5.69 Å². The van der Waals surface area contributed by atoms with E-state index in [1.165, 1.54) is 23.9 Å². The van der Waals surface area contributed by atoms with Gasteiger partial charge in [0.15, 0.2) is 0 Å². The molecule has 24 heavy (non-hydrogen) atoms. The number of carbonyl (C=O) groups is 2. The molecule has 0 spiro atoms. The Balaban J connectivity index is 2.29. The van der Waals surface area contributed by atoms with Gasteiger partial charge in [-0.05, 0) is 35.7 Å². The number of aromatic carboxylic acids is 1. The van der Waals surface area contributed by atoms with Crippen molar-refractivity contribution in [3.8, 4) is 0 Å². The number of nitrogens with zero attached hydrogens (tertiary/aromatic N) is 2. The molecule has 2 rings (SSSR count). The zero-order valence-corrected chi connectivity index (χ0v) is 14.2. The lowest BCUT2D eigenvalue weighted by Gasteiger charge is -2.09. The van der Waals surface area contributed by atoms with Crippen LogP contribution in [-0.2, 0) is 18.4 Å². The maximum Gasteiger partial charge on any atom is 0.335 e. The van der Waals surface area contributed by atoms with Gasteiger partial charge >= 0.3 is 5.97 Å². The average Bonchev–Trinajstić information content (AvgIpc) is 2.89. The second-order valence-electron chi connectivity index (χ2n) is 5.84. The minimum Gasteiger partial charge on any atom is -0.478 e. The summed E-state index contributed by atoms with van der Waals surface area (Å²) in [6, 6.07) is 6.35. The minimum atomic E-state index is -1.06. The van der Waals surface area contributed by atoms with E-state index >= 15 is 0 Å². The molecular formula is C17H21N3O4. The Bertz CT molecular complexity index is 765. The molecule has 7 nitrogen and oxygen atoms in total. The number of amides is 1. The molecule has 0 aliphatic rings. The van der Waals surface area contributed by atoms with Crippen molar-refractivity contribution in [2.75, 3.05) is 12.4 Å². The molecule has 1 amide bonds. The number of carbonyl (C=O) groups excluding carboxylic acids is 1. The van der Waals surface area contributed by atoms with Crippen LogP contribution in [0, 0.1) is 0 Å². The lowest BCUT2D eigenvalue weighted by atomic mass is 10.1. The number of rotatable bonds is 6. The topological polar surface area (TPSA) is 93.5 Å². The zero-order chi connectivity index (χ0) is 17.9. The molecule has 7 heteroatoms. The highest BCUT2D eigenvalue weighted by atomic mass is 16.5. The predicted molar refractivity (Wildman–Crippen MR) is 89.4 cm³/mol. The number of methoxy groups -OCH3 is 1. The summed E-state index contributed by atoms with van der Waals surface area (Å²) in [5.41, 5.74) is 2.39. The van der Waals surface area contributed by atoms with Gasteiger partial charge in [0, 0.05) is 19.8 Å². The van der Waals surface area contributed by atoms with E-state index in [9.17, 15) is 14.7 Å². The van der Waals surface area contributed by atoms with Gasteiger partial charge in [0.25, 0.3) is 5.91 Å². The number of hydrogen-bond donors (Lipinski definition) is 2. The molecule has 1 aromatic heterocycles. The van der Waals surface area contributed by atoms with Crippen molar-refractivity contribution < 1.29 is 19.4 Å². The van der Waals surface area contributed by atoms with E-state index in [1.54, 1.807) is 19.2 Å². The molecule has 0 saturated carbocycles. The van der Waals surface area contributed by atoms with Crippen molar-refractivity contribution in [1.29, 1.82) is 0 Å². The van der Waals surface area contributed by atoms with Crippen molar-refractivity contribution in [2.24, 2.45) is 7.05 Å². The smallest absolute Gasteiger partial charge is 0.335 e. The van der Waals surface area contributed by atoms with Crippen LogP contribution in [-0.4, -0.2) is 33.9 Å². The van der Waals surface area contributed by atoms with Crippen molar-refractivity contribution in [1.82, 2.24) is 9.78 Å². The van der Waals surface area contributed by atoms with E-state index in [0.29, 0.717) is 16.9 Å². The number of hydrogen-bond acceptors (Lipinski definition) is 4. The number of anilines is 1. The molecule has 0 fully saturated rings. The maximum absolute atomic E-state index is 12.5. The molecule has 2 N–H and O–H groups in total. The lowest BCUT2D eigenvalue weighted by molar-refractivity contribution is 0.0696. The van der Waals surface area contributed by atoms with Crippen LogP contribution in [0.15, 0.2) is 24.3 Å². The van der Waals surface area contributed by atoms with Gasteiger partial charge in [-0.2, -0.15) is 5.10 Å². The van der Waals surface area contributed by atoms with E-state index in [4.69, 9.17) is 4.74 Å². The molecule has 128 valence electrons. The first-order valence-electron chi connectivity index (χ1n) is 7.53. The van der Waals surface area contributed by atoms with Crippen molar-refractivity contribution in [2.45, 2.75) is 26.4 Å². The molecule has 0 unspecified atom stereocenters. The monoisotopic (exact) mass is 331 g/mol. The largest absolute Gasteiger partial charge is 0.478 e. The van der Waals surface area contributed by atoms with Gasteiger partial charge < -0.3 is 15.2 Å². The second kappa shape index (κ2) is 7.27. The zero-order valence-electron chi connectivity index (χ0n) is 14.2. The quantitative estimate of drug-likeness (QED) is 0.849. The van der Waals surface area contributed by atoms with Crippen LogP contribution < -0.4 is 5.32 Å². The van der Waals surface area contributed by atoms with Crippen LogP contribution in [0.25, 0.3) is 0 Å². The van der Waals surface area contributed by atoms with Crippen LogP contribution in [0.5, 0.6) is 0 Å². The van der Waals surface area contributed by atoms with E-state index in [1.807, 2.05) is 13.8 Å². The van der Waals surface area contributed by atoms with Gasteiger partial charge in [0.05, 0.1) is 17.9 Å². The van der Waals surface area contributed by atoms with Gasteiger partial charge in [0.1, 0.15) is 5.69 Å².